The summed E-state index contributed by atoms with van der Waals surface area (Å²) < 4.78 is 4.88. The van der Waals surface area contributed by atoms with E-state index >= 15 is 0 Å². The van der Waals surface area contributed by atoms with E-state index in [1.54, 1.807) is 36.2 Å². The first-order valence-electron chi connectivity index (χ1n) is 7.81. The van der Waals surface area contributed by atoms with Gasteiger partial charge in [0.1, 0.15) is 6.04 Å². The van der Waals surface area contributed by atoms with E-state index in [1.165, 1.54) is 7.11 Å². The summed E-state index contributed by atoms with van der Waals surface area (Å²) >= 11 is 6.21. The van der Waals surface area contributed by atoms with Crippen LogP contribution in [-0.2, 0) is 14.3 Å². The molecule has 0 radical (unpaired) electrons. The van der Waals surface area contributed by atoms with E-state index in [-0.39, 0.29) is 12.5 Å². The van der Waals surface area contributed by atoms with Gasteiger partial charge in [0, 0.05) is 10.7 Å². The number of benzene rings is 2. The van der Waals surface area contributed by atoms with Gasteiger partial charge in [0.05, 0.1) is 13.7 Å². The van der Waals surface area contributed by atoms with Gasteiger partial charge < -0.3 is 10.1 Å². The van der Waals surface area contributed by atoms with Crippen molar-refractivity contribution in [3.8, 4) is 0 Å². The molecule has 1 unspecified atom stereocenters. The Hall–Kier alpha value is -2.37. The topological polar surface area (TPSA) is 58.6 Å². The number of halogens is 1. The predicted octanol–water partition coefficient (Wildman–Crippen LogP) is 3.43. The zero-order valence-corrected chi connectivity index (χ0v) is 15.2. The number of esters is 1. The summed E-state index contributed by atoms with van der Waals surface area (Å²) in [6.45, 7) is 1.99. The fraction of sp³-hybridized carbons (Fsp3) is 0.263. The lowest BCUT2D eigenvalue weighted by molar-refractivity contribution is -0.147. The van der Waals surface area contributed by atoms with Crippen LogP contribution >= 0.6 is 11.6 Å². The minimum absolute atomic E-state index is 0.0128. The molecule has 1 N–H and O–H groups in total. The van der Waals surface area contributed by atoms with Crippen LogP contribution in [0.4, 0.5) is 5.69 Å². The third kappa shape index (κ3) is 5.05. The predicted molar refractivity (Wildman–Crippen MR) is 98.6 cm³/mol. The zero-order chi connectivity index (χ0) is 18.4. The maximum absolute atomic E-state index is 12.3. The number of likely N-dealkylation sites (N-methyl/N-ethyl adjacent to an activating group) is 1. The molecule has 0 heterocycles. The number of hydrogen-bond acceptors (Lipinski definition) is 4. The van der Waals surface area contributed by atoms with E-state index in [0.29, 0.717) is 16.3 Å². The van der Waals surface area contributed by atoms with Crippen molar-refractivity contribution in [1.82, 2.24) is 4.90 Å². The number of rotatable bonds is 6. The summed E-state index contributed by atoms with van der Waals surface area (Å²) in [7, 11) is 2.99. The van der Waals surface area contributed by atoms with E-state index in [4.69, 9.17) is 16.3 Å². The number of anilines is 1. The highest BCUT2D eigenvalue weighted by Gasteiger charge is 2.29. The molecule has 2 aromatic carbocycles. The molecule has 0 aliphatic heterocycles. The van der Waals surface area contributed by atoms with Crippen molar-refractivity contribution in [3.63, 3.8) is 0 Å². The average Bonchev–Trinajstić information content (AvgIpc) is 2.58. The van der Waals surface area contributed by atoms with Gasteiger partial charge in [-0.05, 0) is 37.7 Å². The number of carbonyl (C=O) groups excluding carboxylic acids is 2. The van der Waals surface area contributed by atoms with E-state index in [9.17, 15) is 9.59 Å². The lowest BCUT2D eigenvalue weighted by Crippen LogP contribution is -2.37. The first-order chi connectivity index (χ1) is 11.9. The van der Waals surface area contributed by atoms with E-state index in [1.807, 2.05) is 31.2 Å². The molecule has 25 heavy (non-hydrogen) atoms. The number of hydrogen-bond donors (Lipinski definition) is 1. The molecule has 1 atom stereocenters. The first-order valence-corrected chi connectivity index (χ1v) is 8.19. The van der Waals surface area contributed by atoms with Crippen LogP contribution in [0.3, 0.4) is 0 Å². The molecule has 0 saturated heterocycles. The fourth-order valence-electron chi connectivity index (χ4n) is 2.51. The SMILES string of the molecule is COC(=O)C(c1ccccc1Cl)N(C)CC(=O)Nc1ccc(C)cc1. The number of methoxy groups -OCH3 is 1. The van der Waals surface area contributed by atoms with Gasteiger partial charge in [-0.3, -0.25) is 9.69 Å². The standard InChI is InChI=1S/C19H21ClN2O3/c1-13-8-10-14(11-9-13)21-17(23)12-22(2)18(19(24)25-3)15-6-4-5-7-16(15)20/h4-11,18H,12H2,1-3H3,(H,21,23). The Morgan fingerprint density at radius 1 is 1.16 bits per heavy atom. The van der Waals surface area contributed by atoms with Gasteiger partial charge in [0.2, 0.25) is 5.91 Å². The Labute approximate surface area is 152 Å². The quantitative estimate of drug-likeness (QED) is 0.802. The van der Waals surface area contributed by atoms with Crippen molar-refractivity contribution in [3.05, 3.63) is 64.7 Å². The minimum Gasteiger partial charge on any atom is -0.468 e. The zero-order valence-electron chi connectivity index (χ0n) is 14.5. The average molecular weight is 361 g/mol. The molecule has 0 aliphatic rings. The summed E-state index contributed by atoms with van der Waals surface area (Å²) in [6, 6.07) is 13.8. The molecule has 5 nitrogen and oxygen atoms in total. The molecule has 0 bridgehead atoms. The van der Waals surface area contributed by atoms with Gasteiger partial charge in [-0.1, -0.05) is 47.5 Å². The fourth-order valence-corrected chi connectivity index (χ4v) is 2.75. The van der Waals surface area contributed by atoms with Gasteiger partial charge in [-0.2, -0.15) is 0 Å². The number of carbonyl (C=O) groups is 2. The third-order valence-electron chi connectivity index (χ3n) is 3.79. The number of aryl methyl sites for hydroxylation is 1. The number of nitrogens with one attached hydrogen (secondary N) is 1. The van der Waals surface area contributed by atoms with Crippen LogP contribution in [0.2, 0.25) is 5.02 Å². The minimum atomic E-state index is -0.762. The smallest absolute Gasteiger partial charge is 0.327 e. The van der Waals surface area contributed by atoms with Crippen LogP contribution < -0.4 is 5.32 Å². The van der Waals surface area contributed by atoms with E-state index in [2.05, 4.69) is 5.32 Å². The highest BCUT2D eigenvalue weighted by Crippen LogP contribution is 2.27. The summed E-state index contributed by atoms with van der Waals surface area (Å²) in [5, 5.41) is 3.26. The molecule has 0 aromatic heterocycles. The highest BCUT2D eigenvalue weighted by molar-refractivity contribution is 6.31. The molecule has 6 heteroatoms. The van der Waals surface area contributed by atoms with Crippen LogP contribution in [0.5, 0.6) is 0 Å². The van der Waals surface area contributed by atoms with Crippen molar-refractivity contribution < 1.29 is 14.3 Å². The van der Waals surface area contributed by atoms with Gasteiger partial charge in [0.25, 0.3) is 0 Å². The molecular weight excluding hydrogens is 340 g/mol. The monoisotopic (exact) mass is 360 g/mol. The Morgan fingerprint density at radius 2 is 1.80 bits per heavy atom. The second-order valence-corrected chi connectivity index (χ2v) is 6.18. The number of nitrogens with zero attached hydrogens (tertiary/aromatic N) is 1. The lowest BCUT2D eigenvalue weighted by atomic mass is 10.1. The van der Waals surface area contributed by atoms with Gasteiger partial charge in [-0.25, -0.2) is 4.79 Å². The van der Waals surface area contributed by atoms with Crippen molar-refractivity contribution in [2.75, 3.05) is 26.0 Å². The number of amides is 1. The highest BCUT2D eigenvalue weighted by atomic mass is 35.5. The van der Waals surface area contributed by atoms with Crippen LogP contribution in [0.15, 0.2) is 48.5 Å². The van der Waals surface area contributed by atoms with Crippen LogP contribution in [0.25, 0.3) is 0 Å². The van der Waals surface area contributed by atoms with Crippen LogP contribution in [0, 0.1) is 6.92 Å². The van der Waals surface area contributed by atoms with E-state index < -0.39 is 12.0 Å². The Bertz CT molecular complexity index is 747. The first kappa shape index (κ1) is 19.0. The molecule has 0 spiro atoms. The molecule has 132 valence electrons. The molecule has 0 aliphatic carbocycles. The molecule has 0 fully saturated rings. The van der Waals surface area contributed by atoms with Gasteiger partial charge in [0.15, 0.2) is 0 Å². The molecule has 1 amide bonds. The van der Waals surface area contributed by atoms with E-state index in [0.717, 1.165) is 5.56 Å². The maximum atomic E-state index is 12.3. The lowest BCUT2D eigenvalue weighted by Gasteiger charge is -2.26. The third-order valence-corrected chi connectivity index (χ3v) is 4.14. The summed E-state index contributed by atoms with van der Waals surface area (Å²) in [6.07, 6.45) is 0. The summed E-state index contributed by atoms with van der Waals surface area (Å²) in [5.74, 6) is -0.703. The van der Waals surface area contributed by atoms with Crippen LogP contribution in [-0.4, -0.2) is 37.5 Å². The van der Waals surface area contributed by atoms with Crippen molar-refractivity contribution >= 4 is 29.2 Å². The summed E-state index contributed by atoms with van der Waals surface area (Å²) in [5.41, 5.74) is 2.41. The van der Waals surface area contributed by atoms with Crippen LogP contribution in [0.1, 0.15) is 17.2 Å². The molecule has 2 rings (SSSR count). The van der Waals surface area contributed by atoms with Crippen molar-refractivity contribution in [2.45, 2.75) is 13.0 Å². The van der Waals surface area contributed by atoms with Crippen molar-refractivity contribution in [1.29, 1.82) is 0 Å². The Kier molecular flexibility index (Phi) is 6.56. The largest absolute Gasteiger partial charge is 0.468 e. The molecular formula is C19H21ClN2O3. The Balaban J connectivity index is 2.12. The Morgan fingerprint density at radius 3 is 2.40 bits per heavy atom. The second kappa shape index (κ2) is 8.65. The van der Waals surface area contributed by atoms with Gasteiger partial charge in [-0.15, -0.1) is 0 Å². The van der Waals surface area contributed by atoms with Gasteiger partial charge >= 0.3 is 5.97 Å². The molecule has 2 aromatic rings. The summed E-state index contributed by atoms with van der Waals surface area (Å²) in [4.78, 5) is 26.1. The number of ether oxygens (including phenoxy) is 1. The maximum Gasteiger partial charge on any atom is 0.327 e. The van der Waals surface area contributed by atoms with Crippen molar-refractivity contribution in [2.24, 2.45) is 0 Å². The second-order valence-electron chi connectivity index (χ2n) is 5.78. The molecule has 0 saturated carbocycles. The normalized spacial score (nSPS) is 11.9.